The number of rotatable bonds is 4. The van der Waals surface area contributed by atoms with Crippen LogP contribution >= 0.6 is 0 Å². The molecule has 0 saturated carbocycles. The molecule has 4 aromatic carbocycles. The van der Waals surface area contributed by atoms with Crippen molar-refractivity contribution in [3.63, 3.8) is 0 Å². The van der Waals surface area contributed by atoms with Gasteiger partial charge in [-0.05, 0) is 0 Å². The first kappa shape index (κ1) is 22.1. The zero-order valence-electron chi connectivity index (χ0n) is 16.2. The van der Waals surface area contributed by atoms with E-state index in [0.29, 0.717) is 0 Å². The Morgan fingerprint density at radius 2 is 0.536 bits per heavy atom. The van der Waals surface area contributed by atoms with Crippen LogP contribution in [0.2, 0.25) is 5.76 Å². The van der Waals surface area contributed by atoms with Gasteiger partial charge in [0.1, 0.15) is 19.0 Å². The van der Waals surface area contributed by atoms with E-state index in [1.54, 1.807) is 0 Å². The Balaban J connectivity index is 0.000000184. The molecular weight excluding hydrogens is 429 g/mol. The first-order chi connectivity index (χ1) is 13.9. The predicted octanol–water partition coefficient (Wildman–Crippen LogP) is 2.35. The molecule has 5 radical (unpaired) electrons. The second-order valence-electron chi connectivity index (χ2n) is 5.93. The molecule has 4 aromatic rings. The summed E-state index contributed by atoms with van der Waals surface area (Å²) in [6.45, 7) is 0. The Labute approximate surface area is 182 Å². The number of hydrogen-bond donors (Lipinski definition) is 0. The van der Waals surface area contributed by atoms with Gasteiger partial charge in [-0.2, -0.15) is 0 Å². The fourth-order valence-corrected chi connectivity index (χ4v) is 5.01. The van der Waals surface area contributed by atoms with Crippen LogP contribution in [0.15, 0.2) is 121 Å². The molecular formula is C25H25GeSi2. The molecule has 0 unspecified atom stereocenters. The molecule has 0 atom stereocenters. The molecule has 28 heavy (non-hydrogen) atoms. The van der Waals surface area contributed by atoms with Crippen LogP contribution in [0.4, 0.5) is 0 Å². The van der Waals surface area contributed by atoms with Crippen molar-refractivity contribution in [3.8, 4) is 0 Å². The van der Waals surface area contributed by atoms with E-state index in [-0.39, 0.29) is 19.0 Å². The summed E-state index contributed by atoms with van der Waals surface area (Å²) in [6, 6.07) is 42.6. The molecule has 0 nitrogen and oxygen atoms in total. The van der Waals surface area contributed by atoms with Gasteiger partial charge in [-0.1, -0.05) is 142 Å². The van der Waals surface area contributed by atoms with Crippen LogP contribution in [0, 0.1) is 0 Å². The molecule has 0 aliphatic carbocycles. The Bertz CT molecular complexity index is 715. The van der Waals surface area contributed by atoms with Crippen LogP contribution in [0.5, 0.6) is 0 Å². The van der Waals surface area contributed by atoms with Crippen molar-refractivity contribution in [2.24, 2.45) is 0 Å². The van der Waals surface area contributed by atoms with Gasteiger partial charge in [-0.25, -0.2) is 0 Å². The van der Waals surface area contributed by atoms with Gasteiger partial charge in [0, 0.05) is 0 Å². The van der Waals surface area contributed by atoms with Crippen LogP contribution in [-0.4, -0.2) is 35.6 Å². The summed E-state index contributed by atoms with van der Waals surface area (Å²) in [5.74, 6) is 2.00. The van der Waals surface area contributed by atoms with Gasteiger partial charge in [0.25, 0.3) is 0 Å². The zero-order valence-corrected chi connectivity index (χ0v) is 20.6. The Hall–Kier alpha value is -2.14. The second kappa shape index (κ2) is 13.9. The minimum Gasteiger partial charge on any atom is -0.0632 e. The van der Waals surface area contributed by atoms with Crippen molar-refractivity contribution >= 4 is 56.3 Å². The molecule has 0 aliphatic rings. The third-order valence-electron chi connectivity index (χ3n) is 3.86. The van der Waals surface area contributed by atoms with Crippen LogP contribution in [0.3, 0.4) is 0 Å². The minimum absolute atomic E-state index is 0.271. The summed E-state index contributed by atoms with van der Waals surface area (Å²) in [7, 11) is 0.543. The summed E-state index contributed by atoms with van der Waals surface area (Å²) in [5, 5.41) is 5.81. The van der Waals surface area contributed by atoms with E-state index < -0.39 is 0 Å². The molecule has 3 heteroatoms. The maximum Gasteiger partial charge on any atom is 0.103 e. The van der Waals surface area contributed by atoms with Crippen molar-refractivity contribution in [3.05, 3.63) is 121 Å². The fourth-order valence-electron chi connectivity index (χ4n) is 2.58. The maximum atomic E-state index is 2.20. The standard InChI is InChI=1S/2C12H11Si.CH3Ge/c2*1-3-7-11(8-4-1)13-12-9-5-2-6-10-12;1-2/h2*1-10,13H;1H3. The summed E-state index contributed by atoms with van der Waals surface area (Å²) in [6.07, 6.45) is 0. The average Bonchev–Trinajstić information content (AvgIpc) is 2.79. The van der Waals surface area contributed by atoms with E-state index in [0.717, 1.165) is 0 Å². The monoisotopic (exact) mass is 455 g/mol. The van der Waals surface area contributed by atoms with Crippen molar-refractivity contribution in [1.82, 2.24) is 0 Å². The largest absolute Gasteiger partial charge is 0.103 e. The van der Waals surface area contributed by atoms with E-state index in [4.69, 9.17) is 0 Å². The minimum atomic E-state index is 0.271. The average molecular weight is 454 g/mol. The second-order valence-corrected chi connectivity index (χ2v) is 9.18. The van der Waals surface area contributed by atoms with E-state index in [1.165, 1.54) is 20.7 Å². The van der Waals surface area contributed by atoms with Gasteiger partial charge in [-0.15, -0.1) is 0 Å². The zero-order chi connectivity index (χ0) is 19.9. The van der Waals surface area contributed by atoms with Gasteiger partial charge in [-0.3, -0.25) is 0 Å². The first-order valence-electron chi connectivity index (χ1n) is 9.30. The molecule has 0 aromatic heterocycles. The predicted molar refractivity (Wildman–Crippen MR) is 130 cm³/mol. The van der Waals surface area contributed by atoms with Gasteiger partial charge in [0.15, 0.2) is 0 Å². The van der Waals surface area contributed by atoms with E-state index in [9.17, 15) is 0 Å². The van der Waals surface area contributed by atoms with Gasteiger partial charge in [0.2, 0.25) is 0 Å². The van der Waals surface area contributed by atoms with Crippen molar-refractivity contribution in [1.29, 1.82) is 0 Å². The Morgan fingerprint density at radius 3 is 0.714 bits per heavy atom. The molecule has 0 heterocycles. The summed E-state index contributed by atoms with van der Waals surface area (Å²) < 4.78 is 0. The molecule has 0 bridgehead atoms. The van der Waals surface area contributed by atoms with Crippen LogP contribution in [-0.2, 0) is 0 Å². The van der Waals surface area contributed by atoms with Crippen LogP contribution < -0.4 is 20.7 Å². The third kappa shape index (κ3) is 8.70. The number of benzene rings is 4. The summed E-state index contributed by atoms with van der Waals surface area (Å²) in [4.78, 5) is 0. The van der Waals surface area contributed by atoms with Crippen molar-refractivity contribution in [2.75, 3.05) is 0 Å². The molecule has 0 fully saturated rings. The first-order valence-corrected chi connectivity index (χ1v) is 13.7. The van der Waals surface area contributed by atoms with Gasteiger partial charge < -0.3 is 0 Å². The normalized spacial score (nSPS) is 9.36. The Kier molecular flexibility index (Phi) is 11.0. The molecule has 0 saturated heterocycles. The molecule has 0 N–H and O–H groups in total. The Morgan fingerprint density at radius 1 is 0.357 bits per heavy atom. The maximum absolute atomic E-state index is 2.20. The molecule has 0 aliphatic heterocycles. The van der Waals surface area contributed by atoms with E-state index in [2.05, 4.69) is 121 Å². The van der Waals surface area contributed by atoms with Gasteiger partial charge >= 0.3 is 22.3 Å². The summed E-state index contributed by atoms with van der Waals surface area (Å²) in [5.41, 5.74) is 0. The molecule has 4 rings (SSSR count). The summed E-state index contributed by atoms with van der Waals surface area (Å²) >= 11 is 2.00. The van der Waals surface area contributed by atoms with Crippen molar-refractivity contribution in [2.45, 2.75) is 5.76 Å². The van der Waals surface area contributed by atoms with Crippen LogP contribution in [0.1, 0.15) is 0 Å². The molecule has 0 spiro atoms. The van der Waals surface area contributed by atoms with Gasteiger partial charge in [0.05, 0.1) is 0 Å². The quantitative estimate of drug-likeness (QED) is 0.416. The smallest absolute Gasteiger partial charge is 0.0632 e. The third-order valence-corrected chi connectivity index (χ3v) is 6.74. The van der Waals surface area contributed by atoms with E-state index in [1.807, 2.05) is 22.3 Å². The molecule has 137 valence electrons. The fraction of sp³-hybridized carbons (Fsp3) is 0.0400. The topological polar surface area (TPSA) is 0 Å². The molecule has 0 amide bonds. The van der Waals surface area contributed by atoms with Crippen LogP contribution in [0.25, 0.3) is 0 Å². The van der Waals surface area contributed by atoms with E-state index >= 15 is 0 Å². The SMILES string of the molecule is [CH3][Ge].c1ccc([SiH]c2ccccc2)cc1.c1ccc([SiH]c2ccccc2)cc1. The van der Waals surface area contributed by atoms with Crippen molar-refractivity contribution < 1.29 is 0 Å². The number of hydrogen-bond acceptors (Lipinski definition) is 0.